The summed E-state index contributed by atoms with van der Waals surface area (Å²) < 4.78 is 11.6. The molecular weight excluding hydrogens is 328 g/mol. The molecule has 0 aliphatic carbocycles. The maximum absolute atomic E-state index is 10.7. The second kappa shape index (κ2) is 8.21. The van der Waals surface area contributed by atoms with Crippen LogP contribution in [-0.4, -0.2) is 17.7 Å². The molecule has 0 amide bonds. The minimum Gasteiger partial charge on any atom is -0.490 e. The van der Waals surface area contributed by atoms with Crippen LogP contribution in [0.2, 0.25) is 0 Å². The van der Waals surface area contributed by atoms with Crippen LogP contribution >= 0.6 is 0 Å². The second-order valence-corrected chi connectivity index (χ2v) is 5.78. The predicted molar refractivity (Wildman–Crippen MR) is 103 cm³/mol. The number of ether oxygens (including phenoxy) is 2. The van der Waals surface area contributed by atoms with E-state index < -0.39 is 5.97 Å². The molecule has 3 aromatic carbocycles. The minimum absolute atomic E-state index is 0.426. The van der Waals surface area contributed by atoms with E-state index in [-0.39, 0.29) is 0 Å². The van der Waals surface area contributed by atoms with Gasteiger partial charge in [-0.15, -0.1) is 0 Å². The normalized spacial score (nSPS) is 11.0. The van der Waals surface area contributed by atoms with E-state index in [1.807, 2.05) is 25.1 Å². The molecule has 3 rings (SSSR count). The van der Waals surface area contributed by atoms with Crippen molar-refractivity contribution in [1.29, 1.82) is 0 Å². The number of fused-ring (bicyclic) bond motifs is 1. The van der Waals surface area contributed by atoms with Gasteiger partial charge in [0.2, 0.25) is 0 Å². The van der Waals surface area contributed by atoms with E-state index in [1.54, 1.807) is 18.2 Å². The Bertz CT molecular complexity index is 944. The Morgan fingerprint density at radius 1 is 0.962 bits per heavy atom. The molecule has 0 bridgehead atoms. The van der Waals surface area contributed by atoms with Crippen LogP contribution in [0.1, 0.15) is 18.1 Å². The zero-order valence-corrected chi connectivity index (χ0v) is 14.5. The van der Waals surface area contributed by atoms with Crippen molar-refractivity contribution in [3.05, 3.63) is 77.9 Å². The molecule has 4 heteroatoms. The standard InChI is InChI=1S/C22H20O4/c1-2-25-21-14-16(9-12-22(23)24)8-11-20(21)26-15-17-7-10-18-5-3-4-6-19(18)13-17/h3-14H,2,15H2,1H3,(H,23,24). The number of rotatable bonds is 7. The summed E-state index contributed by atoms with van der Waals surface area (Å²) in [6.45, 7) is 2.82. The fraction of sp³-hybridized carbons (Fsp3) is 0.136. The third-order valence-corrected chi connectivity index (χ3v) is 3.89. The number of aliphatic carboxylic acids is 1. The molecular formula is C22H20O4. The minimum atomic E-state index is -0.986. The Hall–Kier alpha value is -3.27. The molecule has 132 valence electrons. The van der Waals surface area contributed by atoms with Crippen LogP contribution in [0.4, 0.5) is 0 Å². The van der Waals surface area contributed by atoms with Crippen molar-refractivity contribution in [3.8, 4) is 11.5 Å². The first-order valence-corrected chi connectivity index (χ1v) is 8.44. The van der Waals surface area contributed by atoms with Crippen molar-refractivity contribution in [2.24, 2.45) is 0 Å². The van der Waals surface area contributed by atoms with Gasteiger partial charge in [0.25, 0.3) is 0 Å². The lowest BCUT2D eigenvalue weighted by Gasteiger charge is -2.13. The number of carbonyl (C=O) groups is 1. The zero-order valence-electron chi connectivity index (χ0n) is 14.5. The van der Waals surface area contributed by atoms with E-state index in [4.69, 9.17) is 14.6 Å². The van der Waals surface area contributed by atoms with Crippen molar-refractivity contribution in [1.82, 2.24) is 0 Å². The van der Waals surface area contributed by atoms with Gasteiger partial charge in [0.15, 0.2) is 11.5 Å². The van der Waals surface area contributed by atoms with Gasteiger partial charge in [-0.2, -0.15) is 0 Å². The van der Waals surface area contributed by atoms with E-state index in [0.29, 0.717) is 24.7 Å². The van der Waals surface area contributed by atoms with Crippen molar-refractivity contribution < 1.29 is 19.4 Å². The first-order chi connectivity index (χ1) is 12.7. The lowest BCUT2D eigenvalue weighted by Crippen LogP contribution is -2.00. The summed E-state index contributed by atoms with van der Waals surface area (Å²) in [6, 6.07) is 19.8. The Labute approximate surface area is 152 Å². The predicted octanol–water partition coefficient (Wildman–Crippen LogP) is 4.92. The number of benzene rings is 3. The van der Waals surface area contributed by atoms with Crippen LogP contribution in [0.3, 0.4) is 0 Å². The summed E-state index contributed by atoms with van der Waals surface area (Å²) in [5.41, 5.74) is 1.81. The van der Waals surface area contributed by atoms with Gasteiger partial charge < -0.3 is 14.6 Å². The van der Waals surface area contributed by atoms with Crippen LogP contribution in [0.5, 0.6) is 11.5 Å². The van der Waals surface area contributed by atoms with Gasteiger partial charge in [-0.3, -0.25) is 0 Å². The van der Waals surface area contributed by atoms with Crippen molar-refractivity contribution in [2.75, 3.05) is 6.61 Å². The van der Waals surface area contributed by atoms with Crippen molar-refractivity contribution >= 4 is 22.8 Å². The third-order valence-electron chi connectivity index (χ3n) is 3.89. The van der Waals surface area contributed by atoms with E-state index in [1.165, 1.54) is 16.8 Å². The number of hydrogen-bond acceptors (Lipinski definition) is 3. The second-order valence-electron chi connectivity index (χ2n) is 5.78. The molecule has 0 aliphatic heterocycles. The van der Waals surface area contributed by atoms with E-state index >= 15 is 0 Å². The molecule has 0 aliphatic rings. The van der Waals surface area contributed by atoms with E-state index in [0.717, 1.165) is 17.2 Å². The average molecular weight is 348 g/mol. The first-order valence-electron chi connectivity index (χ1n) is 8.44. The topological polar surface area (TPSA) is 55.8 Å². The molecule has 0 unspecified atom stereocenters. The third kappa shape index (κ3) is 4.42. The van der Waals surface area contributed by atoms with Gasteiger partial charge in [-0.25, -0.2) is 4.79 Å². The van der Waals surface area contributed by atoms with Gasteiger partial charge in [0.05, 0.1) is 6.61 Å². The molecule has 0 atom stereocenters. The molecule has 0 radical (unpaired) electrons. The Morgan fingerprint density at radius 2 is 1.77 bits per heavy atom. The average Bonchev–Trinajstić information content (AvgIpc) is 2.65. The molecule has 0 saturated carbocycles. The zero-order chi connectivity index (χ0) is 18.4. The summed E-state index contributed by atoms with van der Waals surface area (Å²) in [5.74, 6) is 0.243. The van der Waals surface area contributed by atoms with Gasteiger partial charge >= 0.3 is 5.97 Å². The fourth-order valence-corrected chi connectivity index (χ4v) is 2.67. The smallest absolute Gasteiger partial charge is 0.328 e. The van der Waals surface area contributed by atoms with Gasteiger partial charge in [-0.05, 0) is 53.1 Å². The van der Waals surface area contributed by atoms with Crippen LogP contribution < -0.4 is 9.47 Å². The van der Waals surface area contributed by atoms with Crippen molar-refractivity contribution in [2.45, 2.75) is 13.5 Å². The number of carboxylic acid groups (broad SMARTS) is 1. The van der Waals surface area contributed by atoms with Gasteiger partial charge in [0, 0.05) is 6.08 Å². The molecule has 26 heavy (non-hydrogen) atoms. The lowest BCUT2D eigenvalue weighted by molar-refractivity contribution is -0.131. The quantitative estimate of drug-likeness (QED) is 0.616. The summed E-state index contributed by atoms with van der Waals surface area (Å²) in [5, 5.41) is 11.1. The first kappa shape index (κ1) is 17.5. The SMILES string of the molecule is CCOc1cc(C=CC(=O)O)ccc1OCc1ccc2ccccc2c1. The number of hydrogen-bond donors (Lipinski definition) is 1. The van der Waals surface area contributed by atoms with Crippen LogP contribution in [0, 0.1) is 0 Å². The van der Waals surface area contributed by atoms with E-state index in [2.05, 4.69) is 24.3 Å². The van der Waals surface area contributed by atoms with Crippen LogP contribution in [0.25, 0.3) is 16.8 Å². The Balaban J connectivity index is 1.77. The maximum atomic E-state index is 10.7. The van der Waals surface area contributed by atoms with Crippen LogP contribution in [-0.2, 0) is 11.4 Å². The highest BCUT2D eigenvalue weighted by Crippen LogP contribution is 2.30. The largest absolute Gasteiger partial charge is 0.490 e. The molecule has 0 fully saturated rings. The van der Waals surface area contributed by atoms with Crippen LogP contribution in [0.15, 0.2) is 66.7 Å². The monoisotopic (exact) mass is 348 g/mol. The highest BCUT2D eigenvalue weighted by atomic mass is 16.5. The molecule has 0 saturated heterocycles. The van der Waals surface area contributed by atoms with Crippen molar-refractivity contribution in [3.63, 3.8) is 0 Å². The summed E-state index contributed by atoms with van der Waals surface area (Å²) in [7, 11) is 0. The van der Waals surface area contributed by atoms with E-state index in [9.17, 15) is 4.79 Å². The molecule has 4 nitrogen and oxygen atoms in total. The summed E-state index contributed by atoms with van der Waals surface area (Å²) in [6.07, 6.45) is 2.62. The highest BCUT2D eigenvalue weighted by molar-refractivity contribution is 5.85. The lowest BCUT2D eigenvalue weighted by atomic mass is 10.1. The Morgan fingerprint density at radius 3 is 2.54 bits per heavy atom. The van der Waals surface area contributed by atoms with Gasteiger partial charge in [-0.1, -0.05) is 42.5 Å². The van der Waals surface area contributed by atoms with Gasteiger partial charge in [0.1, 0.15) is 6.61 Å². The Kier molecular flexibility index (Phi) is 5.54. The highest BCUT2D eigenvalue weighted by Gasteiger charge is 2.07. The molecule has 1 N–H and O–H groups in total. The molecule has 0 aromatic heterocycles. The summed E-state index contributed by atoms with van der Waals surface area (Å²) >= 11 is 0. The molecule has 3 aromatic rings. The number of carboxylic acids is 1. The molecule has 0 heterocycles. The summed E-state index contributed by atoms with van der Waals surface area (Å²) in [4.78, 5) is 10.7. The maximum Gasteiger partial charge on any atom is 0.328 e. The molecule has 0 spiro atoms. The fourth-order valence-electron chi connectivity index (χ4n) is 2.67.